The maximum Gasteiger partial charge on any atom is 0.417 e. The molecule has 0 unspecified atom stereocenters. The Labute approximate surface area is 170 Å². The van der Waals surface area contributed by atoms with Crippen LogP contribution in [0.15, 0.2) is 82.6 Å². The molecule has 0 aromatic heterocycles. The fourth-order valence-corrected chi connectivity index (χ4v) is 3.79. The number of carbonyl (C=O) groups excluding carboxylic acids is 1. The minimum absolute atomic E-state index is 0.0254. The van der Waals surface area contributed by atoms with Crippen LogP contribution in [-0.4, -0.2) is 19.4 Å². The number of rotatable bonds is 5. The van der Waals surface area contributed by atoms with E-state index in [9.17, 15) is 23.3 Å². The molecular formula is C19H13ClN2O6S. The van der Waals surface area contributed by atoms with Crippen LogP contribution < -0.4 is 10.1 Å². The van der Waals surface area contributed by atoms with Gasteiger partial charge in [-0.25, -0.2) is 13.2 Å². The smallest absolute Gasteiger partial charge is 0.403 e. The third kappa shape index (κ3) is 4.71. The predicted octanol–water partition coefficient (Wildman–Crippen LogP) is 4.69. The second-order valence-electron chi connectivity index (χ2n) is 5.72. The Morgan fingerprint density at radius 3 is 2.07 bits per heavy atom. The zero-order chi connectivity index (χ0) is 21.0. The SMILES string of the molecule is O=C(Nc1ccc(S(=O)(=O)c2ccc(Cl)cc2)cc1)Oc1ccccc1[N+](=O)[O-]. The lowest BCUT2D eigenvalue weighted by Crippen LogP contribution is -2.17. The number of anilines is 1. The number of nitro groups is 1. The van der Waals surface area contributed by atoms with Crippen molar-refractivity contribution in [3.63, 3.8) is 0 Å². The molecule has 0 saturated carbocycles. The van der Waals surface area contributed by atoms with E-state index < -0.39 is 20.9 Å². The van der Waals surface area contributed by atoms with E-state index in [0.29, 0.717) is 5.02 Å². The van der Waals surface area contributed by atoms with Crippen molar-refractivity contribution in [1.29, 1.82) is 0 Å². The Morgan fingerprint density at radius 1 is 0.931 bits per heavy atom. The number of para-hydroxylation sites is 2. The number of nitrogens with zero attached hydrogens (tertiary/aromatic N) is 1. The van der Waals surface area contributed by atoms with Gasteiger partial charge in [-0.05, 0) is 54.6 Å². The van der Waals surface area contributed by atoms with Crippen molar-refractivity contribution in [3.8, 4) is 5.75 Å². The van der Waals surface area contributed by atoms with Gasteiger partial charge < -0.3 is 4.74 Å². The van der Waals surface area contributed by atoms with Gasteiger partial charge in [0, 0.05) is 16.8 Å². The number of sulfone groups is 1. The number of carbonyl (C=O) groups is 1. The van der Waals surface area contributed by atoms with Gasteiger partial charge in [-0.15, -0.1) is 0 Å². The number of nitro benzene ring substituents is 1. The third-order valence-electron chi connectivity index (χ3n) is 3.80. The summed E-state index contributed by atoms with van der Waals surface area (Å²) >= 11 is 5.78. The van der Waals surface area contributed by atoms with Crippen LogP contribution in [0.25, 0.3) is 0 Å². The first-order valence-corrected chi connectivity index (χ1v) is 9.96. The lowest BCUT2D eigenvalue weighted by molar-refractivity contribution is -0.385. The largest absolute Gasteiger partial charge is 0.417 e. The van der Waals surface area contributed by atoms with Crippen LogP contribution in [0.4, 0.5) is 16.2 Å². The Hall–Kier alpha value is -3.43. The molecule has 0 atom stereocenters. The quantitative estimate of drug-likeness (QED) is 0.461. The molecular weight excluding hydrogens is 420 g/mol. The van der Waals surface area contributed by atoms with Crippen molar-refractivity contribution >= 4 is 38.9 Å². The van der Waals surface area contributed by atoms with E-state index in [4.69, 9.17) is 16.3 Å². The van der Waals surface area contributed by atoms with Gasteiger partial charge in [0.05, 0.1) is 14.7 Å². The molecule has 1 N–H and O–H groups in total. The maximum atomic E-state index is 12.6. The van der Waals surface area contributed by atoms with Crippen LogP contribution in [0, 0.1) is 10.1 Å². The zero-order valence-electron chi connectivity index (χ0n) is 14.6. The van der Waals surface area contributed by atoms with Crippen LogP contribution in [0.1, 0.15) is 0 Å². The highest BCUT2D eigenvalue weighted by Gasteiger charge is 2.19. The molecule has 0 bridgehead atoms. The summed E-state index contributed by atoms with van der Waals surface area (Å²) in [5, 5.41) is 13.8. The first-order chi connectivity index (χ1) is 13.8. The summed E-state index contributed by atoms with van der Waals surface area (Å²) in [6, 6.07) is 16.6. The number of benzene rings is 3. The van der Waals surface area contributed by atoms with Crippen molar-refractivity contribution in [1.82, 2.24) is 0 Å². The Bertz CT molecular complexity index is 1160. The Morgan fingerprint density at radius 2 is 1.48 bits per heavy atom. The van der Waals surface area contributed by atoms with Gasteiger partial charge in [-0.1, -0.05) is 23.7 Å². The number of amides is 1. The Kier molecular flexibility index (Phi) is 5.81. The first kappa shape index (κ1) is 20.3. The highest BCUT2D eigenvalue weighted by molar-refractivity contribution is 7.91. The second kappa shape index (κ2) is 8.29. The van der Waals surface area contributed by atoms with Crippen LogP contribution in [-0.2, 0) is 9.84 Å². The molecule has 0 heterocycles. The van der Waals surface area contributed by atoms with Gasteiger partial charge in [0.25, 0.3) is 0 Å². The van der Waals surface area contributed by atoms with Gasteiger partial charge in [0.1, 0.15) is 0 Å². The second-order valence-corrected chi connectivity index (χ2v) is 8.11. The fourth-order valence-electron chi connectivity index (χ4n) is 2.40. The first-order valence-electron chi connectivity index (χ1n) is 8.10. The van der Waals surface area contributed by atoms with Crippen molar-refractivity contribution in [3.05, 3.63) is 87.9 Å². The summed E-state index contributed by atoms with van der Waals surface area (Å²) in [4.78, 5) is 22.4. The number of hydrogen-bond donors (Lipinski definition) is 1. The summed E-state index contributed by atoms with van der Waals surface area (Å²) in [7, 11) is -3.74. The lowest BCUT2D eigenvalue weighted by Gasteiger charge is -2.08. The molecule has 3 aromatic rings. The van der Waals surface area contributed by atoms with Crippen molar-refractivity contribution in [2.75, 3.05) is 5.32 Å². The molecule has 1 amide bonds. The van der Waals surface area contributed by atoms with E-state index in [1.54, 1.807) is 0 Å². The Balaban J connectivity index is 1.73. The van der Waals surface area contributed by atoms with E-state index in [1.807, 2.05) is 0 Å². The third-order valence-corrected chi connectivity index (χ3v) is 5.84. The lowest BCUT2D eigenvalue weighted by atomic mass is 10.3. The number of nitrogens with one attached hydrogen (secondary N) is 1. The van der Waals surface area contributed by atoms with E-state index in [0.717, 1.165) is 0 Å². The molecule has 0 aliphatic heterocycles. The summed E-state index contributed by atoms with van der Waals surface area (Å²) in [5.74, 6) is -0.211. The normalized spacial score (nSPS) is 10.9. The van der Waals surface area contributed by atoms with Gasteiger partial charge in [0.2, 0.25) is 15.6 Å². The summed E-state index contributed by atoms with van der Waals surface area (Å²) in [6.07, 6.45) is -0.951. The average Bonchev–Trinajstić information content (AvgIpc) is 2.69. The standard InChI is InChI=1S/C19H13ClN2O6S/c20-13-5-9-15(10-6-13)29(26,27)16-11-7-14(8-12-16)21-19(23)28-18-4-2-1-3-17(18)22(24)25/h1-12H,(H,21,23). The molecule has 10 heteroatoms. The van der Waals surface area contributed by atoms with E-state index in [-0.39, 0.29) is 26.9 Å². The topological polar surface area (TPSA) is 116 Å². The number of ether oxygens (including phenoxy) is 1. The minimum Gasteiger partial charge on any atom is -0.403 e. The molecule has 0 saturated heterocycles. The minimum atomic E-state index is -3.74. The number of halogens is 1. The average molecular weight is 433 g/mol. The summed E-state index contributed by atoms with van der Waals surface area (Å²) < 4.78 is 30.2. The highest BCUT2D eigenvalue weighted by Crippen LogP contribution is 2.27. The van der Waals surface area contributed by atoms with E-state index in [2.05, 4.69) is 5.32 Å². The molecule has 0 radical (unpaired) electrons. The highest BCUT2D eigenvalue weighted by atomic mass is 35.5. The van der Waals surface area contributed by atoms with Gasteiger partial charge in [-0.2, -0.15) is 0 Å². The van der Waals surface area contributed by atoms with E-state index >= 15 is 0 Å². The van der Waals surface area contributed by atoms with Crippen LogP contribution in [0.3, 0.4) is 0 Å². The molecule has 3 aromatic carbocycles. The maximum absolute atomic E-state index is 12.6. The van der Waals surface area contributed by atoms with Crippen LogP contribution >= 0.6 is 11.6 Å². The number of hydrogen-bond acceptors (Lipinski definition) is 6. The molecule has 29 heavy (non-hydrogen) atoms. The molecule has 0 spiro atoms. The van der Waals surface area contributed by atoms with E-state index in [1.165, 1.54) is 72.8 Å². The van der Waals surface area contributed by atoms with Gasteiger partial charge in [0.15, 0.2) is 0 Å². The zero-order valence-corrected chi connectivity index (χ0v) is 16.2. The molecule has 0 aliphatic rings. The van der Waals surface area contributed by atoms with Crippen molar-refractivity contribution in [2.45, 2.75) is 9.79 Å². The van der Waals surface area contributed by atoms with Crippen LogP contribution in [0.5, 0.6) is 5.75 Å². The molecule has 148 valence electrons. The van der Waals surface area contributed by atoms with Crippen LogP contribution in [0.2, 0.25) is 5.02 Å². The monoisotopic (exact) mass is 432 g/mol. The fraction of sp³-hybridized carbons (Fsp3) is 0. The molecule has 0 aliphatic carbocycles. The molecule has 8 nitrogen and oxygen atoms in total. The molecule has 3 rings (SSSR count). The van der Waals surface area contributed by atoms with Crippen molar-refractivity contribution < 1.29 is 22.9 Å². The van der Waals surface area contributed by atoms with Gasteiger partial charge in [-0.3, -0.25) is 15.4 Å². The summed E-state index contributed by atoms with van der Waals surface area (Å²) in [5.41, 5.74) is -0.101. The van der Waals surface area contributed by atoms with Gasteiger partial charge >= 0.3 is 11.8 Å². The van der Waals surface area contributed by atoms with Crippen molar-refractivity contribution in [2.24, 2.45) is 0 Å². The predicted molar refractivity (Wildman–Crippen MR) is 106 cm³/mol. The molecule has 0 fully saturated rings. The summed E-state index contributed by atoms with van der Waals surface area (Å²) in [6.45, 7) is 0.